The molecule has 1 amide bonds. The van der Waals surface area contributed by atoms with Crippen LogP contribution in [0.2, 0.25) is 0 Å². The van der Waals surface area contributed by atoms with Gasteiger partial charge in [-0.1, -0.05) is 30.3 Å². The minimum atomic E-state index is -0.0975. The third kappa shape index (κ3) is 3.42. The molecule has 0 radical (unpaired) electrons. The van der Waals surface area contributed by atoms with Crippen molar-refractivity contribution in [1.82, 2.24) is 10.2 Å². The van der Waals surface area contributed by atoms with Crippen LogP contribution in [0.3, 0.4) is 0 Å². The lowest BCUT2D eigenvalue weighted by atomic mass is 9.74. The molecule has 2 N–H and O–H groups in total. The number of carbonyl (C=O) groups excluding carboxylic acids is 1. The number of carbonyl (C=O) groups is 1. The standard InChI is InChI=1S/C18H26N2O3/c1-23-10-9-19-11-15-17(13-5-3-2-4-6-13)16(12-21)20(15)18(22)14-7-8-14/h2-6,14-17,19,21H,7-12H2,1H3/t15-,16-,17-/m1/s1. The molecule has 1 aromatic rings. The smallest absolute Gasteiger partial charge is 0.226 e. The van der Waals surface area contributed by atoms with E-state index >= 15 is 0 Å². The highest BCUT2D eigenvalue weighted by atomic mass is 16.5. The molecule has 1 aliphatic carbocycles. The van der Waals surface area contributed by atoms with Gasteiger partial charge in [0.1, 0.15) is 0 Å². The SMILES string of the molecule is COCCNC[C@@H]1[C@@H](c2ccccc2)[C@@H](CO)N1C(=O)C1CC1. The number of methoxy groups -OCH3 is 1. The van der Waals surface area contributed by atoms with Gasteiger partial charge in [-0.05, 0) is 18.4 Å². The summed E-state index contributed by atoms with van der Waals surface area (Å²) in [5.74, 6) is 0.593. The third-order valence-electron chi connectivity index (χ3n) is 4.93. The van der Waals surface area contributed by atoms with Gasteiger partial charge in [0.2, 0.25) is 5.91 Å². The molecule has 0 bridgehead atoms. The molecule has 1 saturated heterocycles. The lowest BCUT2D eigenvalue weighted by Gasteiger charge is -2.55. The maximum Gasteiger partial charge on any atom is 0.226 e. The Hall–Kier alpha value is -1.43. The monoisotopic (exact) mass is 318 g/mol. The van der Waals surface area contributed by atoms with E-state index in [1.807, 2.05) is 23.1 Å². The van der Waals surface area contributed by atoms with Crippen molar-refractivity contribution < 1.29 is 14.6 Å². The fourth-order valence-electron chi connectivity index (χ4n) is 3.59. The van der Waals surface area contributed by atoms with Crippen LogP contribution in [-0.2, 0) is 9.53 Å². The Bertz CT molecular complexity index is 518. The molecule has 5 heteroatoms. The molecule has 0 aromatic heterocycles. The number of hydrogen-bond donors (Lipinski definition) is 2. The van der Waals surface area contributed by atoms with Crippen LogP contribution in [0.25, 0.3) is 0 Å². The molecular formula is C18H26N2O3. The first-order valence-electron chi connectivity index (χ1n) is 8.45. The minimum absolute atomic E-state index is 0.0204. The van der Waals surface area contributed by atoms with Crippen molar-refractivity contribution >= 4 is 5.91 Å². The fraction of sp³-hybridized carbons (Fsp3) is 0.611. The van der Waals surface area contributed by atoms with Crippen molar-refractivity contribution in [3.05, 3.63) is 35.9 Å². The van der Waals surface area contributed by atoms with Gasteiger partial charge in [0.15, 0.2) is 0 Å². The van der Waals surface area contributed by atoms with E-state index in [0.717, 1.165) is 25.9 Å². The van der Waals surface area contributed by atoms with Crippen LogP contribution >= 0.6 is 0 Å². The number of amides is 1. The minimum Gasteiger partial charge on any atom is -0.394 e. The van der Waals surface area contributed by atoms with Gasteiger partial charge < -0.3 is 20.1 Å². The summed E-state index contributed by atoms with van der Waals surface area (Å²) in [6.07, 6.45) is 1.99. The van der Waals surface area contributed by atoms with E-state index < -0.39 is 0 Å². The number of aliphatic hydroxyl groups excluding tert-OH is 1. The number of rotatable bonds is 8. The van der Waals surface area contributed by atoms with Crippen molar-refractivity contribution in [1.29, 1.82) is 0 Å². The van der Waals surface area contributed by atoms with E-state index in [-0.39, 0.29) is 36.4 Å². The van der Waals surface area contributed by atoms with Crippen LogP contribution in [0, 0.1) is 5.92 Å². The van der Waals surface area contributed by atoms with Gasteiger partial charge in [-0.3, -0.25) is 4.79 Å². The molecule has 3 rings (SSSR count). The molecule has 1 saturated carbocycles. The first-order chi connectivity index (χ1) is 11.3. The first-order valence-corrected chi connectivity index (χ1v) is 8.45. The van der Waals surface area contributed by atoms with E-state index in [9.17, 15) is 9.90 Å². The number of nitrogens with one attached hydrogen (secondary N) is 1. The Morgan fingerprint density at radius 3 is 2.65 bits per heavy atom. The van der Waals surface area contributed by atoms with Gasteiger partial charge in [0.05, 0.1) is 25.3 Å². The summed E-state index contributed by atoms with van der Waals surface area (Å²) in [6, 6.07) is 10.2. The maximum absolute atomic E-state index is 12.6. The molecule has 0 spiro atoms. The summed E-state index contributed by atoms with van der Waals surface area (Å²) >= 11 is 0. The zero-order chi connectivity index (χ0) is 16.2. The normalized spacial score (nSPS) is 26.9. The highest BCUT2D eigenvalue weighted by Crippen LogP contribution is 2.44. The van der Waals surface area contributed by atoms with Gasteiger partial charge in [0.25, 0.3) is 0 Å². The van der Waals surface area contributed by atoms with E-state index in [0.29, 0.717) is 6.61 Å². The number of likely N-dealkylation sites (tertiary alicyclic amines) is 1. The van der Waals surface area contributed by atoms with Gasteiger partial charge >= 0.3 is 0 Å². The zero-order valence-corrected chi connectivity index (χ0v) is 13.6. The Morgan fingerprint density at radius 2 is 2.04 bits per heavy atom. The van der Waals surface area contributed by atoms with Crippen LogP contribution in [0.15, 0.2) is 30.3 Å². The second-order valence-corrected chi connectivity index (χ2v) is 6.47. The molecule has 3 atom stereocenters. The number of ether oxygens (including phenoxy) is 1. The van der Waals surface area contributed by atoms with Crippen molar-refractivity contribution in [2.75, 3.05) is 33.4 Å². The Morgan fingerprint density at radius 1 is 1.30 bits per heavy atom. The number of benzene rings is 1. The average Bonchev–Trinajstić information content (AvgIpc) is 3.39. The van der Waals surface area contributed by atoms with E-state index in [4.69, 9.17) is 4.74 Å². The van der Waals surface area contributed by atoms with Crippen LogP contribution in [0.1, 0.15) is 24.3 Å². The lowest BCUT2D eigenvalue weighted by molar-refractivity contribution is -0.151. The molecule has 0 unspecified atom stereocenters. The second-order valence-electron chi connectivity index (χ2n) is 6.47. The topological polar surface area (TPSA) is 61.8 Å². The predicted octanol–water partition coefficient (Wildman–Crippen LogP) is 0.988. The van der Waals surface area contributed by atoms with Crippen molar-refractivity contribution in [2.24, 2.45) is 5.92 Å². The molecule has 2 aliphatic rings. The van der Waals surface area contributed by atoms with Gasteiger partial charge in [-0.15, -0.1) is 0 Å². The summed E-state index contributed by atoms with van der Waals surface area (Å²) in [4.78, 5) is 14.5. The number of nitrogens with zero attached hydrogens (tertiary/aromatic N) is 1. The summed E-state index contributed by atoms with van der Waals surface area (Å²) < 4.78 is 5.07. The molecule has 5 nitrogen and oxygen atoms in total. The molecule has 23 heavy (non-hydrogen) atoms. The Labute approximate surface area is 137 Å². The molecule has 1 aliphatic heterocycles. The second kappa shape index (κ2) is 7.43. The largest absolute Gasteiger partial charge is 0.394 e. The molecule has 2 fully saturated rings. The van der Waals surface area contributed by atoms with Crippen LogP contribution in [0.5, 0.6) is 0 Å². The lowest BCUT2D eigenvalue weighted by Crippen LogP contribution is -2.68. The van der Waals surface area contributed by atoms with Crippen molar-refractivity contribution in [3.63, 3.8) is 0 Å². The van der Waals surface area contributed by atoms with E-state index in [2.05, 4.69) is 17.4 Å². The third-order valence-corrected chi connectivity index (χ3v) is 4.93. The molecule has 126 valence electrons. The number of hydrogen-bond acceptors (Lipinski definition) is 4. The summed E-state index contributed by atoms with van der Waals surface area (Å²) in [5.41, 5.74) is 1.20. The zero-order valence-electron chi connectivity index (χ0n) is 13.6. The highest BCUT2D eigenvalue weighted by Gasteiger charge is 2.53. The summed E-state index contributed by atoms with van der Waals surface area (Å²) in [6.45, 7) is 2.18. The summed E-state index contributed by atoms with van der Waals surface area (Å²) in [7, 11) is 1.68. The molecule has 1 aromatic carbocycles. The Balaban J connectivity index is 1.73. The van der Waals surface area contributed by atoms with Crippen molar-refractivity contribution in [3.8, 4) is 0 Å². The summed E-state index contributed by atoms with van der Waals surface area (Å²) in [5, 5.41) is 13.2. The van der Waals surface area contributed by atoms with Crippen LogP contribution in [-0.4, -0.2) is 61.4 Å². The fourth-order valence-corrected chi connectivity index (χ4v) is 3.59. The Kier molecular flexibility index (Phi) is 5.30. The molecule has 1 heterocycles. The van der Waals surface area contributed by atoms with Gasteiger partial charge in [-0.25, -0.2) is 0 Å². The average molecular weight is 318 g/mol. The van der Waals surface area contributed by atoms with Crippen LogP contribution < -0.4 is 5.32 Å². The maximum atomic E-state index is 12.6. The molecular weight excluding hydrogens is 292 g/mol. The van der Waals surface area contributed by atoms with E-state index in [1.165, 1.54) is 5.56 Å². The van der Waals surface area contributed by atoms with Crippen LogP contribution in [0.4, 0.5) is 0 Å². The van der Waals surface area contributed by atoms with E-state index in [1.54, 1.807) is 7.11 Å². The highest BCUT2D eigenvalue weighted by molar-refractivity contribution is 5.83. The number of aliphatic hydroxyl groups is 1. The predicted molar refractivity (Wildman–Crippen MR) is 88.2 cm³/mol. The van der Waals surface area contributed by atoms with Gasteiger partial charge in [-0.2, -0.15) is 0 Å². The quantitative estimate of drug-likeness (QED) is 0.702. The van der Waals surface area contributed by atoms with Gasteiger partial charge in [0, 0.05) is 32.0 Å². The van der Waals surface area contributed by atoms with Crippen molar-refractivity contribution in [2.45, 2.75) is 30.8 Å². The first kappa shape index (κ1) is 16.4.